The molecule has 3 aromatic rings. The second kappa shape index (κ2) is 7.81. The Labute approximate surface area is 206 Å². The maximum Gasteiger partial charge on any atom is 0.277 e. The van der Waals surface area contributed by atoms with Crippen LogP contribution in [0.3, 0.4) is 0 Å². The summed E-state index contributed by atoms with van der Waals surface area (Å²) in [5, 5.41) is 12.9. The lowest BCUT2D eigenvalue weighted by molar-refractivity contribution is 0.0671. The average molecular weight is 488 g/mol. The van der Waals surface area contributed by atoms with Crippen molar-refractivity contribution >= 4 is 17.7 Å². The lowest BCUT2D eigenvalue weighted by Gasteiger charge is -2.44. The van der Waals surface area contributed by atoms with Crippen molar-refractivity contribution in [3.05, 3.63) is 87.3 Å². The molecule has 3 aliphatic heterocycles. The molecule has 35 heavy (non-hydrogen) atoms. The number of nitrogens with zero attached hydrogens (tertiary/aromatic N) is 3. The van der Waals surface area contributed by atoms with Crippen LogP contribution in [0.5, 0.6) is 11.5 Å². The zero-order chi connectivity index (χ0) is 23.7. The number of benzene rings is 2. The van der Waals surface area contributed by atoms with Gasteiger partial charge in [0.2, 0.25) is 5.43 Å². The number of pyridine rings is 1. The first-order chi connectivity index (χ1) is 17.1. The van der Waals surface area contributed by atoms with Gasteiger partial charge in [0.05, 0.1) is 6.61 Å². The molecule has 3 atom stereocenters. The van der Waals surface area contributed by atoms with Crippen LogP contribution in [-0.2, 0) is 5.75 Å². The molecule has 1 N–H and O–H groups in total. The van der Waals surface area contributed by atoms with Crippen molar-refractivity contribution < 1.29 is 14.6 Å². The van der Waals surface area contributed by atoms with Gasteiger partial charge in [-0.25, -0.2) is 0 Å². The quantitative estimate of drug-likeness (QED) is 0.521. The predicted molar refractivity (Wildman–Crippen MR) is 132 cm³/mol. The van der Waals surface area contributed by atoms with Crippen LogP contribution in [0.25, 0.3) is 0 Å². The number of amides is 1. The Morgan fingerprint density at radius 1 is 1.03 bits per heavy atom. The predicted octanol–water partition coefficient (Wildman–Crippen LogP) is 3.72. The summed E-state index contributed by atoms with van der Waals surface area (Å²) in [5.41, 5.74) is 2.88. The van der Waals surface area contributed by atoms with E-state index in [4.69, 9.17) is 4.74 Å². The molecule has 4 aliphatic rings. The summed E-state index contributed by atoms with van der Waals surface area (Å²) in [6, 6.07) is 15.7. The van der Waals surface area contributed by atoms with Crippen LogP contribution in [0.1, 0.15) is 46.1 Å². The highest BCUT2D eigenvalue weighted by Gasteiger charge is 2.43. The molecule has 1 amide bonds. The van der Waals surface area contributed by atoms with Gasteiger partial charge < -0.3 is 14.7 Å². The van der Waals surface area contributed by atoms with E-state index in [0.717, 1.165) is 35.5 Å². The maximum absolute atomic E-state index is 13.5. The number of hydrogen-bond acceptors (Lipinski definition) is 6. The lowest BCUT2D eigenvalue weighted by atomic mass is 9.93. The van der Waals surface area contributed by atoms with E-state index in [1.807, 2.05) is 18.2 Å². The third-order valence-electron chi connectivity index (χ3n) is 7.75. The fourth-order valence-electron chi connectivity index (χ4n) is 5.76. The van der Waals surface area contributed by atoms with E-state index in [1.54, 1.807) is 27.5 Å². The van der Waals surface area contributed by atoms with Gasteiger partial charge in [0.25, 0.3) is 5.91 Å². The molecule has 4 heterocycles. The topological polar surface area (TPSA) is 75.0 Å². The minimum atomic E-state index is -0.545. The van der Waals surface area contributed by atoms with E-state index >= 15 is 0 Å². The minimum Gasteiger partial charge on any atom is -0.502 e. The van der Waals surface area contributed by atoms with Crippen molar-refractivity contribution in [2.24, 2.45) is 11.8 Å². The number of thioether (sulfide) groups is 1. The first-order valence-corrected chi connectivity index (χ1v) is 13.1. The van der Waals surface area contributed by atoms with E-state index in [2.05, 4.69) is 29.3 Å². The summed E-state index contributed by atoms with van der Waals surface area (Å²) in [5.74, 6) is 1.90. The molecule has 0 saturated heterocycles. The van der Waals surface area contributed by atoms with Gasteiger partial charge in [-0.15, -0.1) is 11.8 Å². The number of ether oxygens (including phenoxy) is 1. The van der Waals surface area contributed by atoms with Crippen molar-refractivity contribution in [3.8, 4) is 11.5 Å². The highest BCUT2D eigenvalue weighted by Crippen LogP contribution is 2.48. The highest BCUT2D eigenvalue weighted by atomic mass is 32.2. The van der Waals surface area contributed by atoms with Crippen molar-refractivity contribution in [3.63, 3.8) is 0 Å². The molecular weight excluding hydrogens is 462 g/mol. The summed E-state index contributed by atoms with van der Waals surface area (Å²) in [6.45, 7) is 1.61. The second-order valence-corrected chi connectivity index (χ2v) is 10.8. The first kappa shape index (κ1) is 20.9. The molecule has 1 aliphatic carbocycles. The number of fused-ring (bicyclic) bond motifs is 8. The number of carbonyl (C=O) groups is 1. The zero-order valence-corrected chi connectivity index (χ0v) is 19.9. The number of rotatable bonds is 0. The van der Waals surface area contributed by atoms with Crippen LogP contribution in [0.4, 0.5) is 0 Å². The molecule has 0 unspecified atom stereocenters. The van der Waals surface area contributed by atoms with E-state index in [9.17, 15) is 14.7 Å². The summed E-state index contributed by atoms with van der Waals surface area (Å²) < 4.78 is 8.18. The average Bonchev–Trinajstić information content (AvgIpc) is 3.65. The second-order valence-electron chi connectivity index (χ2n) is 9.78. The Bertz CT molecular complexity index is 1420. The van der Waals surface area contributed by atoms with Gasteiger partial charge in [-0.1, -0.05) is 30.3 Å². The molecule has 1 aromatic heterocycles. The SMILES string of the molecule is O=C1c2c(O)c(=O)ccn2N2CN1CC[C@@H]1C[C@H]1COc1cccc3c1[C@H]2c1ccccc1SC3. The van der Waals surface area contributed by atoms with E-state index in [0.29, 0.717) is 31.7 Å². The van der Waals surface area contributed by atoms with Gasteiger partial charge in [0.1, 0.15) is 18.5 Å². The van der Waals surface area contributed by atoms with Crippen LogP contribution >= 0.6 is 11.8 Å². The zero-order valence-electron chi connectivity index (χ0n) is 19.1. The van der Waals surface area contributed by atoms with E-state index in [1.165, 1.54) is 16.5 Å². The first-order valence-electron chi connectivity index (χ1n) is 12.1. The molecule has 178 valence electrons. The van der Waals surface area contributed by atoms with E-state index in [-0.39, 0.29) is 17.6 Å². The van der Waals surface area contributed by atoms with Crippen molar-refractivity contribution in [1.82, 2.24) is 9.58 Å². The summed E-state index contributed by atoms with van der Waals surface area (Å²) >= 11 is 1.80. The minimum absolute atomic E-state index is 0.0301. The van der Waals surface area contributed by atoms with E-state index < -0.39 is 11.2 Å². The maximum atomic E-state index is 13.5. The standard InChI is InChI=1S/C27H25N3O4S/c31-20-9-11-29-25(26(20)32)27(33)28-10-8-16-12-18(16)13-34-21-6-3-4-17-14-35-22-7-2-1-5-19(22)24(23(17)21)30(29)15-28/h1-7,9,11,16,18,24,32H,8,10,12-15H2/t16-,18+,24-/m1/s1. The fraction of sp³-hybridized carbons (Fsp3) is 0.333. The van der Waals surface area contributed by atoms with Gasteiger partial charge in [-0.3, -0.25) is 19.3 Å². The molecule has 2 aromatic carbocycles. The molecule has 1 fully saturated rings. The Balaban J connectivity index is 1.51. The van der Waals surface area contributed by atoms with Crippen molar-refractivity contribution in [1.29, 1.82) is 0 Å². The van der Waals surface area contributed by atoms with Gasteiger partial charge in [0.15, 0.2) is 11.4 Å². The van der Waals surface area contributed by atoms with Crippen LogP contribution in [-0.4, -0.2) is 40.4 Å². The molecule has 8 heteroatoms. The molecule has 0 spiro atoms. The Hall–Kier alpha value is -3.39. The summed E-state index contributed by atoms with van der Waals surface area (Å²) in [4.78, 5) is 28.9. The summed E-state index contributed by atoms with van der Waals surface area (Å²) in [6.07, 6.45) is 3.60. The van der Waals surface area contributed by atoms with Crippen molar-refractivity contribution in [2.75, 3.05) is 24.8 Å². The Morgan fingerprint density at radius 2 is 1.91 bits per heavy atom. The monoisotopic (exact) mass is 487 g/mol. The molecule has 1 saturated carbocycles. The number of hydrogen-bond donors (Lipinski definition) is 1. The summed E-state index contributed by atoms with van der Waals surface area (Å²) in [7, 11) is 0. The highest BCUT2D eigenvalue weighted by molar-refractivity contribution is 7.98. The number of aromatic nitrogens is 1. The van der Waals surface area contributed by atoms with Crippen LogP contribution in [0, 0.1) is 11.8 Å². The van der Waals surface area contributed by atoms with Crippen LogP contribution < -0.4 is 15.2 Å². The molecular formula is C27H25N3O4S. The van der Waals surface area contributed by atoms with Gasteiger partial charge >= 0.3 is 0 Å². The Morgan fingerprint density at radius 3 is 2.83 bits per heavy atom. The van der Waals surface area contributed by atoms with Gasteiger partial charge in [0, 0.05) is 35.0 Å². The molecule has 7 rings (SSSR count). The normalized spacial score (nSPS) is 24.5. The Kier molecular flexibility index (Phi) is 4.67. The fourth-order valence-corrected chi connectivity index (χ4v) is 6.85. The molecule has 2 bridgehead atoms. The third kappa shape index (κ3) is 3.26. The molecule has 7 nitrogen and oxygen atoms in total. The van der Waals surface area contributed by atoms with Crippen molar-refractivity contribution in [2.45, 2.75) is 29.5 Å². The van der Waals surface area contributed by atoms with Gasteiger partial charge in [-0.2, -0.15) is 0 Å². The van der Waals surface area contributed by atoms with Crippen LogP contribution in [0.15, 0.2) is 64.4 Å². The number of aromatic hydroxyl groups is 1. The largest absolute Gasteiger partial charge is 0.502 e. The van der Waals surface area contributed by atoms with Crippen LogP contribution in [0.2, 0.25) is 0 Å². The number of carbonyl (C=O) groups excluding carboxylic acids is 1. The molecule has 0 radical (unpaired) electrons. The smallest absolute Gasteiger partial charge is 0.277 e. The lowest BCUT2D eigenvalue weighted by Crippen LogP contribution is -2.55. The third-order valence-corrected chi connectivity index (χ3v) is 8.89. The van der Waals surface area contributed by atoms with Gasteiger partial charge in [-0.05, 0) is 47.9 Å².